The molecule has 2 bridgehead atoms. The summed E-state index contributed by atoms with van der Waals surface area (Å²) in [6.07, 6.45) is 11.0. The molecule has 242 valence electrons. The van der Waals surface area contributed by atoms with Crippen molar-refractivity contribution in [3.8, 4) is 22.9 Å². The Kier molecular flexibility index (Phi) is 7.05. The predicted molar refractivity (Wildman–Crippen MR) is 172 cm³/mol. The summed E-state index contributed by atoms with van der Waals surface area (Å²) in [5.41, 5.74) is 2.81. The van der Waals surface area contributed by atoms with Crippen LogP contribution in [0.1, 0.15) is 63.9 Å². The molecule has 6 heterocycles. The Labute approximate surface area is 270 Å². The lowest BCUT2D eigenvalue weighted by molar-refractivity contribution is -0.0898. The average Bonchev–Trinajstić information content (AvgIpc) is 3.41. The van der Waals surface area contributed by atoms with Gasteiger partial charge in [0.05, 0.1) is 18.4 Å². The summed E-state index contributed by atoms with van der Waals surface area (Å²) in [6, 6.07) is 10.7. The normalized spacial score (nSPS) is 29.3. The molecule has 6 fully saturated rings. The fraction of sp³-hybridized carbons (Fsp3) is 0.611. The van der Waals surface area contributed by atoms with Crippen molar-refractivity contribution in [2.24, 2.45) is 17.3 Å². The van der Waals surface area contributed by atoms with Crippen LogP contribution in [-0.4, -0.2) is 93.5 Å². The molecule has 2 aromatic heterocycles. The van der Waals surface area contributed by atoms with Crippen molar-refractivity contribution in [2.45, 2.75) is 82.5 Å². The van der Waals surface area contributed by atoms with E-state index in [1.54, 1.807) is 12.3 Å². The Morgan fingerprint density at radius 2 is 1.91 bits per heavy atom. The number of morpholine rings is 1. The number of anilines is 1. The number of halogens is 1. The van der Waals surface area contributed by atoms with Gasteiger partial charge in [-0.15, -0.1) is 10.2 Å². The first-order valence-corrected chi connectivity index (χ1v) is 17.4. The highest BCUT2D eigenvalue weighted by Gasteiger charge is 2.54. The monoisotopic (exact) mass is 625 g/mol. The molecule has 0 N–H and O–H groups in total. The van der Waals surface area contributed by atoms with Gasteiger partial charge in [-0.2, -0.15) is 0 Å². The summed E-state index contributed by atoms with van der Waals surface area (Å²) in [6.45, 7) is 11.0. The smallest absolute Gasteiger partial charge is 0.282 e. The number of aromatic nitrogens is 4. The molecule has 1 aromatic carbocycles. The maximum atomic E-state index is 14.6. The third-order valence-electron chi connectivity index (χ3n) is 11.8. The van der Waals surface area contributed by atoms with Crippen LogP contribution >= 0.6 is 0 Å². The van der Waals surface area contributed by atoms with Gasteiger partial charge < -0.3 is 14.4 Å². The first kappa shape index (κ1) is 29.0. The van der Waals surface area contributed by atoms with Crippen LogP contribution in [-0.2, 0) is 4.74 Å². The van der Waals surface area contributed by atoms with Gasteiger partial charge in [-0.25, -0.2) is 9.37 Å². The Hall–Kier alpha value is -3.21. The largest absolute Gasteiger partial charge is 0.434 e. The van der Waals surface area contributed by atoms with Gasteiger partial charge in [0.2, 0.25) is 0 Å². The molecule has 4 aliphatic heterocycles. The lowest BCUT2D eigenvalue weighted by atomic mass is 9.68. The third kappa shape index (κ3) is 5.08. The van der Waals surface area contributed by atoms with Crippen LogP contribution in [0.2, 0.25) is 0 Å². The molecule has 9 rings (SSSR count). The van der Waals surface area contributed by atoms with Gasteiger partial charge >= 0.3 is 0 Å². The summed E-state index contributed by atoms with van der Waals surface area (Å²) in [7, 11) is 0. The number of pyridine rings is 1. The highest BCUT2D eigenvalue weighted by molar-refractivity contribution is 5.72. The van der Waals surface area contributed by atoms with Gasteiger partial charge in [0.25, 0.3) is 5.88 Å². The molecule has 46 heavy (non-hydrogen) atoms. The van der Waals surface area contributed by atoms with Crippen LogP contribution in [0.3, 0.4) is 0 Å². The lowest BCUT2D eigenvalue weighted by Gasteiger charge is -2.58. The molecule has 2 aliphatic carbocycles. The zero-order chi connectivity index (χ0) is 31.0. The van der Waals surface area contributed by atoms with E-state index >= 15 is 0 Å². The minimum atomic E-state index is -0.321. The summed E-state index contributed by atoms with van der Waals surface area (Å²) in [5.74, 6) is 3.15. The lowest BCUT2D eigenvalue weighted by Crippen LogP contribution is -2.65. The number of nitrogens with zero attached hydrogens (tertiary/aromatic N) is 7. The maximum Gasteiger partial charge on any atom is 0.282 e. The minimum absolute atomic E-state index is 0.262. The van der Waals surface area contributed by atoms with Gasteiger partial charge in [0, 0.05) is 68.0 Å². The second kappa shape index (κ2) is 11.2. The van der Waals surface area contributed by atoms with Crippen molar-refractivity contribution in [1.82, 2.24) is 30.0 Å². The van der Waals surface area contributed by atoms with Crippen LogP contribution in [0.25, 0.3) is 11.3 Å². The molecule has 4 saturated heterocycles. The molecule has 0 unspecified atom stereocenters. The topological polar surface area (TPSA) is 79.7 Å². The Balaban J connectivity index is 0.883. The molecule has 2 saturated carbocycles. The second-order valence-corrected chi connectivity index (χ2v) is 15.3. The molecule has 3 aromatic rings. The SMILES string of the molecule is CC(C)[C@H](C1CC(N2C[C@H]3C[C@@H]2CO3)C1)N1CC2(CCN(c3ncnnc3Oc3ccc(F)cc3-c3ncccc3C3CC3)C2)C1. The fourth-order valence-corrected chi connectivity index (χ4v) is 9.51. The van der Waals surface area contributed by atoms with Crippen molar-refractivity contribution < 1.29 is 13.9 Å². The number of likely N-dealkylation sites (tertiary alicyclic amines) is 2. The van der Waals surface area contributed by atoms with E-state index in [4.69, 9.17) is 9.47 Å². The molecular weight excluding hydrogens is 581 g/mol. The van der Waals surface area contributed by atoms with E-state index in [0.29, 0.717) is 53.0 Å². The fourth-order valence-electron chi connectivity index (χ4n) is 9.51. The molecule has 10 heteroatoms. The Bertz CT molecular complexity index is 1600. The van der Waals surface area contributed by atoms with Crippen molar-refractivity contribution in [3.05, 3.63) is 54.2 Å². The second-order valence-electron chi connectivity index (χ2n) is 15.3. The summed E-state index contributed by atoms with van der Waals surface area (Å²) in [5, 5.41) is 8.46. The number of ether oxygens (including phenoxy) is 2. The van der Waals surface area contributed by atoms with Crippen LogP contribution in [0.15, 0.2) is 42.9 Å². The maximum absolute atomic E-state index is 14.6. The Morgan fingerprint density at radius 3 is 2.67 bits per heavy atom. The molecule has 0 radical (unpaired) electrons. The van der Waals surface area contributed by atoms with Gasteiger partial charge in [-0.3, -0.25) is 14.8 Å². The highest BCUT2D eigenvalue weighted by Crippen LogP contribution is 2.50. The highest BCUT2D eigenvalue weighted by atomic mass is 19.1. The number of benzene rings is 1. The van der Waals surface area contributed by atoms with Crippen LogP contribution < -0.4 is 9.64 Å². The zero-order valence-corrected chi connectivity index (χ0v) is 26.9. The van der Waals surface area contributed by atoms with Crippen molar-refractivity contribution >= 4 is 5.82 Å². The minimum Gasteiger partial charge on any atom is -0.434 e. The third-order valence-corrected chi connectivity index (χ3v) is 11.8. The average molecular weight is 626 g/mol. The molecule has 6 aliphatic rings. The van der Waals surface area contributed by atoms with Gasteiger partial charge in [-0.05, 0) is 86.1 Å². The van der Waals surface area contributed by atoms with E-state index in [9.17, 15) is 4.39 Å². The van der Waals surface area contributed by atoms with E-state index in [1.807, 2.05) is 6.07 Å². The Morgan fingerprint density at radius 1 is 1.04 bits per heavy atom. The van der Waals surface area contributed by atoms with Crippen molar-refractivity contribution in [3.63, 3.8) is 0 Å². The summed E-state index contributed by atoms with van der Waals surface area (Å²) >= 11 is 0. The summed E-state index contributed by atoms with van der Waals surface area (Å²) in [4.78, 5) is 17.2. The first-order chi connectivity index (χ1) is 22.4. The molecule has 0 amide bonds. The van der Waals surface area contributed by atoms with Crippen LogP contribution in [0.5, 0.6) is 11.6 Å². The quantitative estimate of drug-likeness (QED) is 0.305. The van der Waals surface area contributed by atoms with E-state index in [2.05, 4.69) is 54.8 Å². The number of hydrogen-bond donors (Lipinski definition) is 0. The van der Waals surface area contributed by atoms with Gasteiger partial charge in [-0.1, -0.05) is 19.9 Å². The van der Waals surface area contributed by atoms with E-state index < -0.39 is 0 Å². The van der Waals surface area contributed by atoms with Crippen molar-refractivity contribution in [1.29, 1.82) is 0 Å². The van der Waals surface area contributed by atoms with Gasteiger partial charge in [0.15, 0.2) is 5.82 Å². The molecule has 1 spiro atoms. The standard InChI is InChI=1S/C36H44FN7O2/c1-22(2)33(24-12-26(13-24)44-16-28-15-27(44)17-45-28)43-19-36(20-43)9-11-42(18-36)34-35(41-40-21-39-34)46-31-8-7-25(37)14-30(31)32-29(23-5-6-23)4-3-10-38-32/h3-4,7-8,10,14,21-24,26-28,33H,5-6,9,11-13,15-20H2,1-2H3/t24?,26?,27-,28-,33-/m1/s1. The number of rotatable bonds is 9. The van der Waals surface area contributed by atoms with E-state index in [1.165, 1.54) is 37.7 Å². The number of hydrogen-bond acceptors (Lipinski definition) is 9. The van der Waals surface area contributed by atoms with E-state index in [0.717, 1.165) is 81.8 Å². The molecule has 3 atom stereocenters. The number of fused-ring (bicyclic) bond motifs is 2. The van der Waals surface area contributed by atoms with Crippen LogP contribution in [0, 0.1) is 23.1 Å². The zero-order valence-electron chi connectivity index (χ0n) is 26.9. The van der Waals surface area contributed by atoms with Crippen molar-refractivity contribution in [2.75, 3.05) is 44.2 Å². The van der Waals surface area contributed by atoms with Crippen LogP contribution in [0.4, 0.5) is 10.2 Å². The van der Waals surface area contributed by atoms with Gasteiger partial charge in [0.1, 0.15) is 17.9 Å². The van der Waals surface area contributed by atoms with E-state index in [-0.39, 0.29) is 11.2 Å². The predicted octanol–water partition coefficient (Wildman–Crippen LogP) is 5.53. The first-order valence-electron chi connectivity index (χ1n) is 17.4. The summed E-state index contributed by atoms with van der Waals surface area (Å²) < 4.78 is 26.9. The molecular formula is C36H44FN7O2. The molecule has 9 nitrogen and oxygen atoms in total.